The number of halogens is 1. The van der Waals surface area contributed by atoms with E-state index in [-0.39, 0.29) is 5.82 Å². The van der Waals surface area contributed by atoms with Crippen LogP contribution in [0.4, 0.5) is 21.8 Å². The van der Waals surface area contributed by atoms with Crippen molar-refractivity contribution in [3.63, 3.8) is 0 Å². The van der Waals surface area contributed by atoms with Crippen molar-refractivity contribution in [3.05, 3.63) is 72.2 Å². The van der Waals surface area contributed by atoms with Gasteiger partial charge in [0.05, 0.1) is 21.3 Å². The van der Waals surface area contributed by atoms with Crippen LogP contribution in [0.1, 0.15) is 11.9 Å². The molecule has 166 valence electrons. The van der Waals surface area contributed by atoms with Crippen LogP contribution in [-0.4, -0.2) is 31.3 Å². The van der Waals surface area contributed by atoms with Gasteiger partial charge in [-0.3, -0.25) is 0 Å². The lowest BCUT2D eigenvalue weighted by Crippen LogP contribution is -2.06. The van der Waals surface area contributed by atoms with Gasteiger partial charge in [-0.15, -0.1) is 0 Å². The van der Waals surface area contributed by atoms with Gasteiger partial charge in [0.2, 0.25) is 17.6 Å². The molecule has 4 rings (SSSR count). The second-order valence-corrected chi connectivity index (χ2v) is 6.55. The third-order valence-electron chi connectivity index (χ3n) is 4.48. The van der Waals surface area contributed by atoms with Crippen LogP contribution in [0, 0.1) is 5.82 Å². The molecule has 0 aliphatic carbocycles. The number of rotatable bonds is 8. The Morgan fingerprint density at radius 2 is 1.75 bits per heavy atom. The Morgan fingerprint density at radius 3 is 2.44 bits per heavy atom. The van der Waals surface area contributed by atoms with E-state index in [2.05, 4.69) is 20.6 Å². The minimum atomic E-state index is -0.744. The highest BCUT2D eigenvalue weighted by Gasteiger charge is 2.22. The molecule has 0 saturated carbocycles. The fourth-order valence-electron chi connectivity index (χ4n) is 3.05. The Bertz CT molecular complexity index is 1120. The minimum Gasteiger partial charge on any atom is -0.493 e. The highest BCUT2D eigenvalue weighted by molar-refractivity contribution is 5.66. The summed E-state index contributed by atoms with van der Waals surface area (Å²) in [4.78, 5) is 8.64. The van der Waals surface area contributed by atoms with Gasteiger partial charge in [-0.05, 0) is 18.2 Å². The van der Waals surface area contributed by atoms with Gasteiger partial charge in [-0.2, -0.15) is 4.98 Å². The summed E-state index contributed by atoms with van der Waals surface area (Å²) in [6.45, 7) is 0. The molecule has 2 heterocycles. The van der Waals surface area contributed by atoms with Gasteiger partial charge in [-0.25, -0.2) is 9.37 Å². The monoisotopic (exact) mass is 440 g/mol. The fourth-order valence-corrected chi connectivity index (χ4v) is 3.05. The number of ether oxygens (including phenoxy) is 5. The lowest BCUT2D eigenvalue weighted by Gasteiger charge is -2.15. The van der Waals surface area contributed by atoms with Crippen molar-refractivity contribution in [2.24, 2.45) is 0 Å². The van der Waals surface area contributed by atoms with Crippen molar-refractivity contribution >= 4 is 17.5 Å². The van der Waals surface area contributed by atoms with Gasteiger partial charge in [0, 0.05) is 29.6 Å². The molecule has 0 radical (unpaired) electrons. The van der Waals surface area contributed by atoms with E-state index in [1.54, 1.807) is 36.5 Å². The maximum atomic E-state index is 13.4. The second-order valence-electron chi connectivity index (χ2n) is 6.55. The summed E-state index contributed by atoms with van der Waals surface area (Å²) in [6.07, 6.45) is 2.24. The molecule has 1 aromatic heterocycles. The minimum absolute atomic E-state index is 0.325. The van der Waals surface area contributed by atoms with Crippen LogP contribution in [0.5, 0.6) is 17.2 Å². The van der Waals surface area contributed by atoms with Gasteiger partial charge in [0.1, 0.15) is 17.9 Å². The third-order valence-corrected chi connectivity index (χ3v) is 4.48. The lowest BCUT2D eigenvalue weighted by atomic mass is 10.2. The number of nitrogens with zero attached hydrogens (tertiary/aromatic N) is 2. The zero-order valence-corrected chi connectivity index (χ0v) is 17.6. The largest absolute Gasteiger partial charge is 0.493 e. The van der Waals surface area contributed by atoms with Crippen molar-refractivity contribution in [1.29, 1.82) is 0 Å². The van der Waals surface area contributed by atoms with Gasteiger partial charge in [-0.1, -0.05) is 12.1 Å². The average molecular weight is 440 g/mol. The number of aromatic nitrogens is 2. The van der Waals surface area contributed by atoms with E-state index in [0.717, 1.165) is 0 Å². The summed E-state index contributed by atoms with van der Waals surface area (Å²) in [7, 11) is 4.61. The molecule has 1 atom stereocenters. The summed E-state index contributed by atoms with van der Waals surface area (Å²) in [5, 5.41) is 6.10. The molecule has 1 aliphatic rings. The number of methoxy groups -OCH3 is 3. The summed E-state index contributed by atoms with van der Waals surface area (Å²) < 4.78 is 40.6. The topological polar surface area (TPSA) is 96.0 Å². The van der Waals surface area contributed by atoms with E-state index < -0.39 is 6.29 Å². The molecular formula is C22H21FN4O5. The Labute approximate surface area is 183 Å². The van der Waals surface area contributed by atoms with Crippen molar-refractivity contribution in [2.75, 3.05) is 32.0 Å². The molecule has 1 unspecified atom stereocenters. The second kappa shape index (κ2) is 9.29. The molecule has 2 N–H and O–H groups in total. The number of hydrogen-bond acceptors (Lipinski definition) is 9. The molecule has 32 heavy (non-hydrogen) atoms. The van der Waals surface area contributed by atoms with Crippen molar-refractivity contribution in [3.8, 4) is 17.2 Å². The molecule has 0 spiro atoms. The van der Waals surface area contributed by atoms with Gasteiger partial charge in [0.25, 0.3) is 6.29 Å². The van der Waals surface area contributed by atoms with Crippen LogP contribution < -0.4 is 24.8 Å². The highest BCUT2D eigenvalue weighted by atomic mass is 19.1. The summed E-state index contributed by atoms with van der Waals surface area (Å²) in [6, 6.07) is 11.2. The van der Waals surface area contributed by atoms with Crippen molar-refractivity contribution in [2.45, 2.75) is 6.29 Å². The summed E-state index contributed by atoms with van der Waals surface area (Å²) in [5.74, 6) is 2.22. The molecule has 0 fully saturated rings. The van der Waals surface area contributed by atoms with E-state index in [0.29, 0.717) is 46.1 Å². The first kappa shape index (κ1) is 21.0. The molecule has 10 heteroatoms. The van der Waals surface area contributed by atoms with Crippen LogP contribution >= 0.6 is 0 Å². The summed E-state index contributed by atoms with van der Waals surface area (Å²) >= 11 is 0. The lowest BCUT2D eigenvalue weighted by molar-refractivity contribution is -0.0325. The normalized spacial score (nSPS) is 14.6. The third kappa shape index (κ3) is 4.59. The first-order valence-electron chi connectivity index (χ1n) is 9.54. The Balaban J connectivity index is 1.45. The maximum absolute atomic E-state index is 13.4. The van der Waals surface area contributed by atoms with Gasteiger partial charge in [0.15, 0.2) is 11.5 Å². The number of anilines is 3. The zero-order chi connectivity index (χ0) is 22.5. The number of hydrogen-bond donors (Lipinski definition) is 2. The van der Waals surface area contributed by atoms with Crippen molar-refractivity contribution < 1.29 is 28.1 Å². The Hall–Kier alpha value is -4.21. The standard InChI is InChI=1S/C22H21FN4O5/c1-28-16-10-15(11-17(29-2)20(16)30-3)25-22-24-8-7-18(27-22)26-19-12-31-21(32-19)13-5-4-6-14(23)9-13/h4-12,21H,1-3H3,(H2,24,25,26,27). The zero-order valence-electron chi connectivity index (χ0n) is 17.6. The average Bonchev–Trinajstić information content (AvgIpc) is 3.27. The SMILES string of the molecule is COc1cc(Nc2nccc(NC3=COC(c4cccc(F)c4)O3)n2)cc(OC)c1OC. The molecule has 0 bridgehead atoms. The van der Waals surface area contributed by atoms with Crippen LogP contribution in [0.2, 0.25) is 0 Å². The smallest absolute Gasteiger partial charge is 0.268 e. The van der Waals surface area contributed by atoms with E-state index in [4.69, 9.17) is 23.7 Å². The fraction of sp³-hybridized carbons (Fsp3) is 0.182. The van der Waals surface area contributed by atoms with Crippen LogP contribution in [-0.2, 0) is 9.47 Å². The predicted octanol–water partition coefficient (Wildman–Crippen LogP) is 4.34. The molecule has 0 saturated heterocycles. The molecular weight excluding hydrogens is 419 g/mol. The molecule has 3 aromatic rings. The molecule has 9 nitrogen and oxygen atoms in total. The molecule has 0 amide bonds. The van der Waals surface area contributed by atoms with E-state index >= 15 is 0 Å². The van der Waals surface area contributed by atoms with Gasteiger partial charge >= 0.3 is 0 Å². The first-order valence-corrected chi connectivity index (χ1v) is 9.54. The van der Waals surface area contributed by atoms with Gasteiger partial charge < -0.3 is 34.3 Å². The van der Waals surface area contributed by atoms with Crippen LogP contribution in [0.25, 0.3) is 0 Å². The van der Waals surface area contributed by atoms with Crippen molar-refractivity contribution in [1.82, 2.24) is 9.97 Å². The number of benzene rings is 2. The molecule has 1 aliphatic heterocycles. The highest BCUT2D eigenvalue weighted by Crippen LogP contribution is 2.40. The predicted molar refractivity (Wildman–Crippen MR) is 114 cm³/mol. The quantitative estimate of drug-likeness (QED) is 0.530. The maximum Gasteiger partial charge on any atom is 0.268 e. The van der Waals surface area contributed by atoms with Crippen LogP contribution in [0.3, 0.4) is 0 Å². The van der Waals surface area contributed by atoms with E-state index in [9.17, 15) is 4.39 Å². The molecule has 2 aromatic carbocycles. The Morgan fingerprint density at radius 1 is 0.969 bits per heavy atom. The van der Waals surface area contributed by atoms with E-state index in [1.807, 2.05) is 0 Å². The summed E-state index contributed by atoms with van der Waals surface area (Å²) in [5.41, 5.74) is 1.20. The Kier molecular flexibility index (Phi) is 6.11. The first-order chi connectivity index (χ1) is 15.6. The number of nitrogens with one attached hydrogen (secondary N) is 2. The van der Waals surface area contributed by atoms with E-state index in [1.165, 1.54) is 39.7 Å². The van der Waals surface area contributed by atoms with Crippen LogP contribution in [0.15, 0.2) is 60.8 Å².